The highest BCUT2D eigenvalue weighted by molar-refractivity contribution is 6.30. The lowest BCUT2D eigenvalue weighted by atomic mass is 9.88. The van der Waals surface area contributed by atoms with Crippen molar-refractivity contribution in [1.82, 2.24) is 9.88 Å². The smallest absolute Gasteiger partial charge is 0.328 e. The number of rotatable bonds is 10. The Morgan fingerprint density at radius 2 is 1.54 bits per heavy atom. The number of esters is 2. The van der Waals surface area contributed by atoms with Gasteiger partial charge in [-0.3, -0.25) is 14.6 Å². The zero-order valence-electron chi connectivity index (χ0n) is 23.0. The molecule has 0 spiro atoms. The van der Waals surface area contributed by atoms with E-state index in [-0.39, 0.29) is 6.61 Å². The average molecular weight is 600 g/mol. The topological polar surface area (TPSA) is 95.0 Å². The molecule has 0 N–H and O–H groups in total. The predicted octanol–water partition coefficient (Wildman–Crippen LogP) is 6.43. The van der Waals surface area contributed by atoms with Gasteiger partial charge in [-0.2, -0.15) is 0 Å². The van der Waals surface area contributed by atoms with Gasteiger partial charge in [-0.15, -0.1) is 0 Å². The van der Waals surface area contributed by atoms with Crippen LogP contribution in [0.5, 0.6) is 0 Å². The molecule has 1 aliphatic rings. The van der Waals surface area contributed by atoms with Crippen LogP contribution in [0, 0.1) is 0 Å². The largest absolute Gasteiger partial charge is 0.464 e. The van der Waals surface area contributed by atoms with Gasteiger partial charge in [0.2, 0.25) is 0 Å². The van der Waals surface area contributed by atoms with E-state index in [1.54, 1.807) is 67.8 Å². The lowest BCUT2D eigenvalue weighted by molar-refractivity contribution is -0.203. The van der Waals surface area contributed by atoms with Gasteiger partial charge in [0, 0.05) is 29.4 Å². The summed E-state index contributed by atoms with van der Waals surface area (Å²) in [7, 11) is 0. The molecule has 2 heterocycles. The second kappa shape index (κ2) is 13.9. The molecule has 2 aromatic carbocycles. The van der Waals surface area contributed by atoms with Crippen molar-refractivity contribution < 1.29 is 28.6 Å². The maximum atomic E-state index is 14.6. The number of ether oxygens (including phenoxy) is 3. The number of nitrogens with zero attached hydrogens (tertiary/aromatic N) is 2. The Hall–Kier alpha value is -3.46. The summed E-state index contributed by atoms with van der Waals surface area (Å²) < 4.78 is 17.8. The minimum atomic E-state index is -1.28. The second-order valence-electron chi connectivity index (χ2n) is 9.64. The molecule has 1 fully saturated rings. The lowest BCUT2D eigenvalue weighted by Crippen LogP contribution is -2.58. The van der Waals surface area contributed by atoms with Gasteiger partial charge in [0.15, 0.2) is 12.2 Å². The Morgan fingerprint density at radius 1 is 0.951 bits per heavy atom. The standard InChI is InChI=1S/C31H32Cl2N2O6/c1-4-6-25(31(38)39-5-2)35-26(20-7-11-23(32)12-8-20)27(21-9-13-24(33)14-10-21)41-29(30(35)37)28(40-19(3)36)22-15-17-34-18-16-22/h7-18,25-29H,4-6H2,1-3H3/t25?,26-,27+,28-,29?/m0/s1. The highest BCUT2D eigenvalue weighted by atomic mass is 35.5. The van der Waals surface area contributed by atoms with Gasteiger partial charge >= 0.3 is 11.9 Å². The molecule has 1 saturated heterocycles. The van der Waals surface area contributed by atoms with E-state index in [0.29, 0.717) is 39.6 Å². The van der Waals surface area contributed by atoms with Crippen molar-refractivity contribution in [2.24, 2.45) is 0 Å². The third kappa shape index (κ3) is 7.07. The molecule has 1 amide bonds. The Morgan fingerprint density at radius 3 is 2.07 bits per heavy atom. The Bertz CT molecular complexity index is 1340. The summed E-state index contributed by atoms with van der Waals surface area (Å²) >= 11 is 12.4. The molecule has 0 radical (unpaired) electrons. The number of aromatic nitrogens is 1. The second-order valence-corrected chi connectivity index (χ2v) is 10.5. The van der Waals surface area contributed by atoms with Crippen LogP contribution in [-0.4, -0.2) is 46.5 Å². The molecule has 0 aliphatic carbocycles. The zero-order chi connectivity index (χ0) is 29.5. The maximum absolute atomic E-state index is 14.6. The van der Waals surface area contributed by atoms with Crippen molar-refractivity contribution in [2.75, 3.05) is 6.61 Å². The molecule has 5 atom stereocenters. The number of carbonyl (C=O) groups is 3. The van der Waals surface area contributed by atoms with Crippen LogP contribution in [0.2, 0.25) is 10.0 Å². The summed E-state index contributed by atoms with van der Waals surface area (Å²) in [6.45, 7) is 5.07. The first kappa shape index (κ1) is 30.5. The van der Waals surface area contributed by atoms with Crippen LogP contribution in [-0.2, 0) is 28.6 Å². The minimum Gasteiger partial charge on any atom is -0.464 e. The van der Waals surface area contributed by atoms with Crippen LogP contribution in [0.3, 0.4) is 0 Å². The fourth-order valence-corrected chi connectivity index (χ4v) is 5.35. The summed E-state index contributed by atoms with van der Waals surface area (Å²) in [6, 6.07) is 15.8. The van der Waals surface area contributed by atoms with E-state index < -0.39 is 48.2 Å². The Balaban J connectivity index is 1.94. The van der Waals surface area contributed by atoms with Crippen LogP contribution in [0.4, 0.5) is 0 Å². The fourth-order valence-electron chi connectivity index (χ4n) is 5.10. The number of halogens is 2. The first-order valence-corrected chi connectivity index (χ1v) is 14.2. The van der Waals surface area contributed by atoms with E-state index in [9.17, 15) is 14.4 Å². The van der Waals surface area contributed by atoms with Crippen molar-refractivity contribution >= 4 is 41.0 Å². The van der Waals surface area contributed by atoms with Crippen molar-refractivity contribution in [3.8, 4) is 0 Å². The highest BCUT2D eigenvalue weighted by Gasteiger charge is 2.52. The van der Waals surface area contributed by atoms with Crippen molar-refractivity contribution in [3.05, 3.63) is 99.8 Å². The first-order valence-electron chi connectivity index (χ1n) is 13.5. The number of pyridine rings is 1. The summed E-state index contributed by atoms with van der Waals surface area (Å²) in [5.41, 5.74) is 1.95. The number of amides is 1. The van der Waals surface area contributed by atoms with Crippen molar-refractivity contribution in [2.45, 2.75) is 64.0 Å². The quantitative estimate of drug-likeness (QED) is 0.248. The van der Waals surface area contributed by atoms with Crippen molar-refractivity contribution in [3.63, 3.8) is 0 Å². The molecule has 1 aromatic heterocycles. The number of hydrogen-bond acceptors (Lipinski definition) is 7. The monoisotopic (exact) mass is 598 g/mol. The summed E-state index contributed by atoms with van der Waals surface area (Å²) in [5.74, 6) is -1.62. The van der Waals surface area contributed by atoms with E-state index in [1.165, 1.54) is 11.8 Å². The number of benzene rings is 2. The number of morpholine rings is 1. The van der Waals surface area contributed by atoms with Crippen LogP contribution < -0.4 is 0 Å². The Labute approximate surface area is 249 Å². The molecule has 41 heavy (non-hydrogen) atoms. The normalized spacial score (nSPS) is 20.3. The number of hydrogen-bond donors (Lipinski definition) is 0. The molecule has 216 valence electrons. The first-order chi connectivity index (χ1) is 19.7. The zero-order valence-corrected chi connectivity index (χ0v) is 24.5. The fraction of sp³-hybridized carbons (Fsp3) is 0.355. The number of carbonyl (C=O) groups excluding carboxylic acids is 3. The van der Waals surface area contributed by atoms with Crippen LogP contribution in [0.1, 0.15) is 68.6 Å². The molecule has 0 bridgehead atoms. The summed E-state index contributed by atoms with van der Waals surface area (Å²) in [6.07, 6.45) is 0.892. The van der Waals surface area contributed by atoms with Crippen LogP contribution >= 0.6 is 23.2 Å². The van der Waals surface area contributed by atoms with E-state index >= 15 is 0 Å². The highest BCUT2D eigenvalue weighted by Crippen LogP contribution is 2.46. The predicted molar refractivity (Wildman–Crippen MR) is 154 cm³/mol. The molecule has 0 saturated carbocycles. The van der Waals surface area contributed by atoms with Crippen LogP contribution in [0.25, 0.3) is 0 Å². The van der Waals surface area contributed by atoms with Gasteiger partial charge in [0.1, 0.15) is 12.1 Å². The van der Waals surface area contributed by atoms with E-state index in [4.69, 9.17) is 37.4 Å². The van der Waals surface area contributed by atoms with Crippen LogP contribution in [0.15, 0.2) is 73.1 Å². The molecule has 1 aliphatic heterocycles. The summed E-state index contributed by atoms with van der Waals surface area (Å²) in [4.78, 5) is 45.9. The van der Waals surface area contributed by atoms with Gasteiger partial charge in [-0.25, -0.2) is 4.79 Å². The maximum Gasteiger partial charge on any atom is 0.328 e. The van der Waals surface area contributed by atoms with Crippen molar-refractivity contribution in [1.29, 1.82) is 0 Å². The summed E-state index contributed by atoms with van der Waals surface area (Å²) in [5, 5.41) is 1.05. The lowest BCUT2D eigenvalue weighted by Gasteiger charge is -2.48. The molecule has 3 aromatic rings. The molecular weight excluding hydrogens is 567 g/mol. The van der Waals surface area contributed by atoms with Gasteiger partial charge in [-0.1, -0.05) is 60.8 Å². The SMILES string of the molecule is CCCC(C(=O)OCC)N1C(=O)C([C@@H](OC(C)=O)c2ccncc2)O[C@H](c2ccc(Cl)cc2)[C@@H]1c1ccc(Cl)cc1. The van der Waals surface area contributed by atoms with Gasteiger partial charge in [-0.05, 0) is 66.4 Å². The molecule has 2 unspecified atom stereocenters. The molecule has 8 nitrogen and oxygen atoms in total. The molecule has 4 rings (SSSR count). The van der Waals surface area contributed by atoms with Gasteiger partial charge in [0.25, 0.3) is 5.91 Å². The third-order valence-electron chi connectivity index (χ3n) is 6.85. The third-order valence-corrected chi connectivity index (χ3v) is 7.35. The van der Waals surface area contributed by atoms with E-state index in [0.717, 1.165) is 0 Å². The van der Waals surface area contributed by atoms with E-state index in [1.807, 2.05) is 19.1 Å². The minimum absolute atomic E-state index is 0.153. The molecular formula is C31H32Cl2N2O6. The van der Waals surface area contributed by atoms with Gasteiger partial charge < -0.3 is 19.1 Å². The average Bonchev–Trinajstić information content (AvgIpc) is 2.96. The Kier molecular flexibility index (Phi) is 10.4. The van der Waals surface area contributed by atoms with E-state index in [2.05, 4.69) is 4.98 Å². The molecule has 10 heteroatoms. The van der Waals surface area contributed by atoms with Gasteiger partial charge in [0.05, 0.1) is 12.6 Å².